The molecule has 0 aliphatic carbocycles. The highest BCUT2D eigenvalue weighted by Crippen LogP contribution is 1.92. The smallest absolute Gasteiger partial charge is 0.337 e. The molecule has 3 heteroatoms. The van der Waals surface area contributed by atoms with Crippen LogP contribution < -0.4 is 0 Å². The highest BCUT2D eigenvalue weighted by Gasteiger charge is 1.97. The van der Waals surface area contributed by atoms with Gasteiger partial charge in [0.25, 0.3) is 0 Å². The van der Waals surface area contributed by atoms with Crippen LogP contribution in [-0.4, -0.2) is 16.1 Å². The summed E-state index contributed by atoms with van der Waals surface area (Å²) in [5, 5.41) is 8.32. The zero-order chi connectivity index (χ0) is 6.69. The number of pyridine rings is 1. The number of hydrogen-bond acceptors (Lipinski definition) is 2. The summed E-state index contributed by atoms with van der Waals surface area (Å²) < 4.78 is 0. The van der Waals surface area contributed by atoms with Gasteiger partial charge in [-0.05, 0) is 6.07 Å². The molecule has 0 aliphatic rings. The Morgan fingerprint density at radius 1 is 1.78 bits per heavy atom. The monoisotopic (exact) mass is 122 g/mol. The SMILES string of the molecule is O=C(O)c1c[c]cnc1. The second-order valence-electron chi connectivity index (χ2n) is 1.48. The zero-order valence-corrected chi connectivity index (χ0v) is 4.53. The van der Waals surface area contributed by atoms with E-state index in [4.69, 9.17) is 5.11 Å². The normalized spacial score (nSPS) is 8.89. The Balaban J connectivity index is 2.98. The summed E-state index contributed by atoms with van der Waals surface area (Å²) in [5.41, 5.74) is 0.164. The number of carboxylic acid groups (broad SMARTS) is 1. The lowest BCUT2D eigenvalue weighted by Gasteiger charge is -1.87. The van der Waals surface area contributed by atoms with E-state index < -0.39 is 5.97 Å². The molecule has 0 saturated heterocycles. The van der Waals surface area contributed by atoms with Crippen LogP contribution in [0.15, 0.2) is 18.5 Å². The fraction of sp³-hybridized carbons (Fsp3) is 0. The van der Waals surface area contributed by atoms with Crippen LogP contribution in [0.3, 0.4) is 0 Å². The van der Waals surface area contributed by atoms with Crippen molar-refractivity contribution in [2.75, 3.05) is 0 Å². The van der Waals surface area contributed by atoms with Gasteiger partial charge in [0.15, 0.2) is 0 Å². The Morgan fingerprint density at radius 3 is 2.89 bits per heavy atom. The van der Waals surface area contributed by atoms with Crippen LogP contribution in [0, 0.1) is 6.07 Å². The summed E-state index contributed by atoms with van der Waals surface area (Å²) in [6.07, 6.45) is 2.69. The molecule has 0 aliphatic heterocycles. The second-order valence-corrected chi connectivity index (χ2v) is 1.48. The average molecular weight is 122 g/mol. The quantitative estimate of drug-likeness (QED) is 0.592. The Labute approximate surface area is 52.0 Å². The minimum Gasteiger partial charge on any atom is -0.478 e. The molecule has 0 unspecified atom stereocenters. The molecule has 9 heavy (non-hydrogen) atoms. The molecule has 0 atom stereocenters. The maximum Gasteiger partial charge on any atom is 0.337 e. The summed E-state index contributed by atoms with van der Waals surface area (Å²) in [4.78, 5) is 13.7. The van der Waals surface area contributed by atoms with E-state index in [1.165, 1.54) is 18.5 Å². The van der Waals surface area contributed by atoms with Crippen molar-refractivity contribution in [3.63, 3.8) is 0 Å². The van der Waals surface area contributed by atoms with Crippen LogP contribution in [0.1, 0.15) is 10.4 Å². The molecule has 0 bridgehead atoms. The highest BCUT2D eigenvalue weighted by molar-refractivity contribution is 5.86. The molecule has 1 aromatic heterocycles. The fourth-order valence-electron chi connectivity index (χ4n) is 0.442. The first-order valence-electron chi connectivity index (χ1n) is 2.35. The molecule has 1 N–H and O–H groups in total. The molecular weight excluding hydrogens is 118 g/mol. The van der Waals surface area contributed by atoms with E-state index in [2.05, 4.69) is 11.1 Å². The van der Waals surface area contributed by atoms with Crippen LogP contribution in [0.25, 0.3) is 0 Å². The first-order valence-corrected chi connectivity index (χ1v) is 2.35. The van der Waals surface area contributed by atoms with E-state index in [0.717, 1.165) is 0 Å². The molecule has 0 aromatic carbocycles. The van der Waals surface area contributed by atoms with Crippen molar-refractivity contribution < 1.29 is 9.90 Å². The van der Waals surface area contributed by atoms with E-state index in [-0.39, 0.29) is 5.56 Å². The van der Waals surface area contributed by atoms with Crippen molar-refractivity contribution in [2.45, 2.75) is 0 Å². The van der Waals surface area contributed by atoms with Gasteiger partial charge in [0.05, 0.1) is 5.56 Å². The fourth-order valence-corrected chi connectivity index (χ4v) is 0.442. The Morgan fingerprint density at radius 2 is 2.56 bits per heavy atom. The highest BCUT2D eigenvalue weighted by atomic mass is 16.4. The van der Waals surface area contributed by atoms with Gasteiger partial charge >= 0.3 is 5.97 Å². The average Bonchev–Trinajstić information content (AvgIpc) is 1.90. The first-order chi connectivity index (χ1) is 4.30. The molecular formula is C6H4NO2. The third-order valence-electron chi connectivity index (χ3n) is 0.848. The third-order valence-corrected chi connectivity index (χ3v) is 0.848. The van der Waals surface area contributed by atoms with Crippen molar-refractivity contribution in [2.24, 2.45) is 0 Å². The summed E-state index contributed by atoms with van der Waals surface area (Å²) in [6.45, 7) is 0. The summed E-state index contributed by atoms with van der Waals surface area (Å²) in [5.74, 6) is -0.973. The van der Waals surface area contributed by atoms with Gasteiger partial charge in [-0.15, -0.1) is 0 Å². The number of nitrogens with zero attached hydrogens (tertiary/aromatic N) is 1. The van der Waals surface area contributed by atoms with Crippen LogP contribution in [-0.2, 0) is 0 Å². The second kappa shape index (κ2) is 2.26. The Bertz CT molecular complexity index is 208. The van der Waals surface area contributed by atoms with E-state index in [9.17, 15) is 4.79 Å². The first kappa shape index (κ1) is 5.75. The summed E-state index contributed by atoms with van der Waals surface area (Å²) in [6, 6.07) is 3.92. The lowest BCUT2D eigenvalue weighted by atomic mass is 10.3. The van der Waals surface area contributed by atoms with E-state index in [0.29, 0.717) is 0 Å². The standard InChI is InChI=1S/C6H4NO2/c8-6(9)5-2-1-3-7-4-5/h2-4H,(H,8,9). The van der Waals surface area contributed by atoms with E-state index in [1.54, 1.807) is 0 Å². The minimum atomic E-state index is -0.973. The van der Waals surface area contributed by atoms with Gasteiger partial charge in [0, 0.05) is 18.5 Å². The van der Waals surface area contributed by atoms with Gasteiger partial charge in [-0.3, -0.25) is 4.98 Å². The number of hydrogen-bond donors (Lipinski definition) is 1. The van der Waals surface area contributed by atoms with Crippen molar-refractivity contribution in [1.29, 1.82) is 0 Å². The molecule has 0 saturated carbocycles. The van der Waals surface area contributed by atoms with Crippen molar-refractivity contribution in [3.05, 3.63) is 30.1 Å². The van der Waals surface area contributed by atoms with Crippen LogP contribution in [0.2, 0.25) is 0 Å². The predicted octanol–water partition coefficient (Wildman–Crippen LogP) is 0.580. The Kier molecular flexibility index (Phi) is 1.44. The van der Waals surface area contributed by atoms with Crippen molar-refractivity contribution >= 4 is 5.97 Å². The zero-order valence-electron chi connectivity index (χ0n) is 4.53. The summed E-state index contributed by atoms with van der Waals surface area (Å²) in [7, 11) is 0. The molecule has 1 radical (unpaired) electrons. The predicted molar refractivity (Wildman–Crippen MR) is 30.0 cm³/mol. The molecule has 1 aromatic rings. The molecule has 1 heterocycles. The molecule has 3 nitrogen and oxygen atoms in total. The number of aromatic carboxylic acids is 1. The van der Waals surface area contributed by atoms with Crippen LogP contribution >= 0.6 is 0 Å². The lowest BCUT2D eigenvalue weighted by Crippen LogP contribution is -1.95. The van der Waals surface area contributed by atoms with Crippen molar-refractivity contribution in [1.82, 2.24) is 4.98 Å². The topological polar surface area (TPSA) is 50.2 Å². The van der Waals surface area contributed by atoms with E-state index >= 15 is 0 Å². The number of carboxylic acids is 1. The maximum absolute atomic E-state index is 10.1. The molecule has 1 rings (SSSR count). The maximum atomic E-state index is 10.1. The third kappa shape index (κ3) is 1.25. The van der Waals surface area contributed by atoms with Gasteiger partial charge in [0.2, 0.25) is 0 Å². The molecule has 0 amide bonds. The molecule has 45 valence electrons. The van der Waals surface area contributed by atoms with Crippen molar-refractivity contribution in [3.8, 4) is 0 Å². The summed E-state index contributed by atoms with van der Waals surface area (Å²) >= 11 is 0. The van der Waals surface area contributed by atoms with Gasteiger partial charge in [-0.25, -0.2) is 4.79 Å². The number of carbonyl (C=O) groups is 1. The van der Waals surface area contributed by atoms with Gasteiger partial charge in [-0.2, -0.15) is 0 Å². The lowest BCUT2D eigenvalue weighted by molar-refractivity contribution is 0.0696. The van der Waals surface area contributed by atoms with Crippen LogP contribution in [0.5, 0.6) is 0 Å². The Hall–Kier alpha value is -1.38. The largest absolute Gasteiger partial charge is 0.478 e. The van der Waals surface area contributed by atoms with Crippen LogP contribution in [0.4, 0.5) is 0 Å². The van der Waals surface area contributed by atoms with E-state index in [1.807, 2.05) is 0 Å². The number of rotatable bonds is 1. The molecule has 0 fully saturated rings. The minimum absolute atomic E-state index is 0.164. The van der Waals surface area contributed by atoms with Gasteiger partial charge in [0.1, 0.15) is 0 Å². The van der Waals surface area contributed by atoms with Gasteiger partial charge in [-0.1, -0.05) is 0 Å². The van der Waals surface area contributed by atoms with Gasteiger partial charge < -0.3 is 5.11 Å². The molecule has 0 spiro atoms. The number of aromatic nitrogens is 1.